The first-order valence-corrected chi connectivity index (χ1v) is 11.8. The lowest BCUT2D eigenvalue weighted by Crippen LogP contribution is -2.54. The van der Waals surface area contributed by atoms with E-state index in [1.807, 2.05) is 52.3 Å². The predicted octanol–water partition coefficient (Wildman–Crippen LogP) is 3.87. The number of amides is 2. The molecule has 33 heavy (non-hydrogen) atoms. The van der Waals surface area contributed by atoms with Crippen molar-refractivity contribution in [3.8, 4) is 0 Å². The first-order chi connectivity index (χ1) is 16.2. The van der Waals surface area contributed by atoms with Crippen molar-refractivity contribution in [2.45, 2.75) is 18.4 Å². The molecule has 2 atom stereocenters. The number of carbonyl (C=O) groups excluding carboxylic acids is 2. The van der Waals surface area contributed by atoms with Crippen molar-refractivity contribution in [2.75, 3.05) is 37.6 Å². The van der Waals surface area contributed by atoms with Crippen molar-refractivity contribution in [1.82, 2.24) is 9.80 Å². The highest BCUT2D eigenvalue weighted by atomic mass is 16.2. The first kappa shape index (κ1) is 20.0. The van der Waals surface area contributed by atoms with E-state index in [0.29, 0.717) is 25.2 Å². The maximum Gasteiger partial charge on any atom is 0.254 e. The fourth-order valence-corrected chi connectivity index (χ4v) is 5.76. The van der Waals surface area contributed by atoms with Crippen LogP contribution in [0, 0.1) is 0 Å². The van der Waals surface area contributed by atoms with Gasteiger partial charge in [0.15, 0.2) is 0 Å². The van der Waals surface area contributed by atoms with Crippen molar-refractivity contribution in [1.29, 1.82) is 0 Å². The zero-order chi connectivity index (χ0) is 22.4. The van der Waals surface area contributed by atoms with Crippen LogP contribution < -0.4 is 4.90 Å². The minimum Gasteiger partial charge on any atom is -0.368 e. The van der Waals surface area contributed by atoms with Gasteiger partial charge < -0.3 is 14.7 Å². The third kappa shape index (κ3) is 3.30. The molecule has 3 aromatic carbocycles. The zero-order valence-corrected chi connectivity index (χ0v) is 18.6. The minimum absolute atomic E-state index is 0.0445. The molecular formula is C28H27N3O2. The molecule has 0 unspecified atom stereocenters. The van der Waals surface area contributed by atoms with Gasteiger partial charge in [-0.05, 0) is 41.3 Å². The lowest BCUT2D eigenvalue weighted by Gasteiger charge is -2.47. The number of piperazine rings is 1. The molecule has 0 aliphatic carbocycles. The summed E-state index contributed by atoms with van der Waals surface area (Å²) < 4.78 is 0. The van der Waals surface area contributed by atoms with E-state index in [-0.39, 0.29) is 23.8 Å². The molecule has 3 aliphatic rings. The molecule has 3 aromatic rings. The lowest BCUT2D eigenvalue weighted by atomic mass is 9.75. The normalized spacial score (nSPS) is 21.8. The second-order valence-corrected chi connectivity index (χ2v) is 9.11. The smallest absolute Gasteiger partial charge is 0.254 e. The van der Waals surface area contributed by atoms with E-state index in [1.165, 1.54) is 11.3 Å². The summed E-state index contributed by atoms with van der Waals surface area (Å²) in [5.74, 6) is -0.193. The molecule has 0 radical (unpaired) electrons. The molecule has 3 aliphatic heterocycles. The number of anilines is 1. The number of hydrogen-bond donors (Lipinski definition) is 0. The number of nitrogens with zero attached hydrogens (tertiary/aromatic N) is 3. The first-order valence-electron chi connectivity index (χ1n) is 11.8. The molecule has 6 rings (SSSR count). The molecule has 0 bridgehead atoms. The Morgan fingerprint density at radius 3 is 2.18 bits per heavy atom. The van der Waals surface area contributed by atoms with Gasteiger partial charge in [0.05, 0.1) is 12.0 Å². The van der Waals surface area contributed by atoms with Gasteiger partial charge in [0.1, 0.15) is 0 Å². The molecule has 5 heteroatoms. The molecular weight excluding hydrogens is 410 g/mol. The minimum atomic E-state index is -0.372. The SMILES string of the molecule is O=C([C@@H]1c2ccccc2C(=O)N2CCc3ccccc3[C@H]12)N1CCN(c2ccccc2)CC1. The number of rotatable bonds is 2. The van der Waals surface area contributed by atoms with Crippen LogP contribution in [0.1, 0.15) is 39.0 Å². The molecule has 0 saturated carbocycles. The number of para-hydroxylation sites is 1. The molecule has 0 N–H and O–H groups in total. The topological polar surface area (TPSA) is 43.9 Å². The zero-order valence-electron chi connectivity index (χ0n) is 18.6. The van der Waals surface area contributed by atoms with Crippen LogP contribution in [0.25, 0.3) is 0 Å². The molecule has 1 saturated heterocycles. The van der Waals surface area contributed by atoms with E-state index >= 15 is 0 Å². The van der Waals surface area contributed by atoms with E-state index in [0.717, 1.165) is 30.6 Å². The molecule has 0 spiro atoms. The van der Waals surface area contributed by atoms with Gasteiger partial charge in [-0.3, -0.25) is 9.59 Å². The van der Waals surface area contributed by atoms with Gasteiger partial charge in [0.25, 0.3) is 5.91 Å². The number of benzene rings is 3. The van der Waals surface area contributed by atoms with Crippen LogP contribution in [0.3, 0.4) is 0 Å². The Morgan fingerprint density at radius 2 is 1.39 bits per heavy atom. The van der Waals surface area contributed by atoms with E-state index in [4.69, 9.17) is 0 Å². The summed E-state index contributed by atoms with van der Waals surface area (Å²) in [6.07, 6.45) is 0.831. The summed E-state index contributed by atoms with van der Waals surface area (Å²) in [5.41, 5.74) is 5.11. The van der Waals surface area contributed by atoms with E-state index in [1.54, 1.807) is 0 Å². The van der Waals surface area contributed by atoms with Crippen LogP contribution in [-0.4, -0.2) is 54.3 Å². The maximum atomic E-state index is 14.1. The lowest BCUT2D eigenvalue weighted by molar-refractivity contribution is -0.135. The van der Waals surface area contributed by atoms with Crippen LogP contribution in [0.5, 0.6) is 0 Å². The van der Waals surface area contributed by atoms with Crippen LogP contribution in [-0.2, 0) is 11.2 Å². The Labute approximate surface area is 194 Å². The third-order valence-electron chi connectivity index (χ3n) is 7.41. The molecule has 5 nitrogen and oxygen atoms in total. The van der Waals surface area contributed by atoms with Crippen molar-refractivity contribution < 1.29 is 9.59 Å². The Hall–Kier alpha value is -3.60. The quantitative estimate of drug-likeness (QED) is 0.611. The summed E-state index contributed by atoms with van der Waals surface area (Å²) in [4.78, 5) is 33.8. The summed E-state index contributed by atoms with van der Waals surface area (Å²) in [7, 11) is 0. The van der Waals surface area contributed by atoms with Crippen molar-refractivity contribution in [3.05, 3.63) is 101 Å². The number of fused-ring (bicyclic) bond motifs is 4. The number of hydrogen-bond acceptors (Lipinski definition) is 3. The van der Waals surface area contributed by atoms with Crippen LogP contribution in [0.15, 0.2) is 78.9 Å². The molecule has 2 amide bonds. The van der Waals surface area contributed by atoms with Gasteiger partial charge in [0.2, 0.25) is 5.91 Å². The highest BCUT2D eigenvalue weighted by molar-refractivity contribution is 6.01. The summed E-state index contributed by atoms with van der Waals surface area (Å²) in [5, 5.41) is 0. The Bertz CT molecular complexity index is 1200. The highest BCUT2D eigenvalue weighted by Gasteiger charge is 2.47. The van der Waals surface area contributed by atoms with Crippen molar-refractivity contribution >= 4 is 17.5 Å². The average molecular weight is 438 g/mol. The third-order valence-corrected chi connectivity index (χ3v) is 7.41. The predicted molar refractivity (Wildman–Crippen MR) is 128 cm³/mol. The van der Waals surface area contributed by atoms with Crippen LogP contribution >= 0.6 is 0 Å². The van der Waals surface area contributed by atoms with E-state index in [9.17, 15) is 9.59 Å². The summed E-state index contributed by atoms with van der Waals surface area (Å²) in [6.45, 7) is 3.66. The van der Waals surface area contributed by atoms with Gasteiger partial charge in [-0.15, -0.1) is 0 Å². The van der Waals surface area contributed by atoms with Crippen LogP contribution in [0.4, 0.5) is 5.69 Å². The Morgan fingerprint density at radius 1 is 0.727 bits per heavy atom. The molecule has 166 valence electrons. The van der Waals surface area contributed by atoms with Gasteiger partial charge >= 0.3 is 0 Å². The van der Waals surface area contributed by atoms with Gasteiger partial charge in [0, 0.05) is 44.0 Å². The second-order valence-electron chi connectivity index (χ2n) is 9.11. The standard InChI is InChI=1S/C28H27N3O2/c32-27-24-13-7-6-12-23(24)25(26-22-11-5-4-8-20(22)14-15-31(26)27)28(33)30-18-16-29(17-19-30)21-9-2-1-3-10-21/h1-13,25-26H,14-19H2/t25-,26-/m1/s1. The van der Waals surface area contributed by atoms with Gasteiger partial charge in [-0.25, -0.2) is 0 Å². The fraction of sp³-hybridized carbons (Fsp3) is 0.286. The largest absolute Gasteiger partial charge is 0.368 e. The summed E-state index contributed by atoms with van der Waals surface area (Å²) in [6, 6.07) is 26.1. The number of carbonyl (C=O) groups is 2. The Balaban J connectivity index is 1.34. The van der Waals surface area contributed by atoms with Crippen molar-refractivity contribution in [3.63, 3.8) is 0 Å². The average Bonchev–Trinajstić information content (AvgIpc) is 2.89. The molecule has 1 fully saturated rings. The van der Waals surface area contributed by atoms with Crippen molar-refractivity contribution in [2.24, 2.45) is 0 Å². The molecule has 3 heterocycles. The Kier molecular flexibility index (Phi) is 4.90. The van der Waals surface area contributed by atoms with Crippen LogP contribution in [0.2, 0.25) is 0 Å². The van der Waals surface area contributed by atoms with E-state index < -0.39 is 0 Å². The highest BCUT2D eigenvalue weighted by Crippen LogP contribution is 2.46. The molecule has 0 aromatic heterocycles. The van der Waals surface area contributed by atoms with Gasteiger partial charge in [-0.2, -0.15) is 0 Å². The second kappa shape index (κ2) is 8.07. The van der Waals surface area contributed by atoms with Gasteiger partial charge in [-0.1, -0.05) is 60.7 Å². The van der Waals surface area contributed by atoms with E-state index in [2.05, 4.69) is 41.3 Å². The fourth-order valence-electron chi connectivity index (χ4n) is 5.76. The maximum absolute atomic E-state index is 14.1. The monoisotopic (exact) mass is 437 g/mol. The summed E-state index contributed by atoms with van der Waals surface area (Å²) >= 11 is 0.